The van der Waals surface area contributed by atoms with Crippen LogP contribution in [0.25, 0.3) is 0 Å². The number of carbonyl (C=O) groups excluding carboxylic acids is 1. The van der Waals surface area contributed by atoms with Gasteiger partial charge in [0.1, 0.15) is 0 Å². The molecule has 2 saturated heterocycles. The van der Waals surface area contributed by atoms with Crippen molar-refractivity contribution in [3.63, 3.8) is 0 Å². The summed E-state index contributed by atoms with van der Waals surface area (Å²) in [6, 6.07) is 0. The molecular weight excluding hydrogens is 337 g/mol. The predicted molar refractivity (Wildman–Crippen MR) is 98.6 cm³/mol. The third-order valence-corrected chi connectivity index (χ3v) is 4.99. The van der Waals surface area contributed by atoms with Crippen molar-refractivity contribution in [2.75, 3.05) is 46.3 Å². The molecule has 2 atom stereocenters. The summed E-state index contributed by atoms with van der Waals surface area (Å²) in [7, 11) is 1.95. The standard InChI is InChI=1S/C16H31N3O2.2ClH/c1-13(20)10-19-8-4-14(5-9-19)11-18(3)15(21)16(2)6-7-17-12-16;;/h13-14,17,20H,4-12H2,1-3H3;2*1H. The minimum atomic E-state index is -0.249. The van der Waals surface area contributed by atoms with Crippen LogP contribution in [0.5, 0.6) is 0 Å². The van der Waals surface area contributed by atoms with Crippen molar-refractivity contribution in [2.45, 2.75) is 39.2 Å². The van der Waals surface area contributed by atoms with Crippen molar-refractivity contribution < 1.29 is 9.90 Å². The van der Waals surface area contributed by atoms with E-state index in [-0.39, 0.29) is 36.3 Å². The van der Waals surface area contributed by atoms with Gasteiger partial charge >= 0.3 is 0 Å². The molecule has 2 aliphatic heterocycles. The van der Waals surface area contributed by atoms with Gasteiger partial charge in [0.25, 0.3) is 0 Å². The molecule has 0 bridgehead atoms. The van der Waals surface area contributed by atoms with Gasteiger partial charge in [0.05, 0.1) is 11.5 Å². The number of carbonyl (C=O) groups is 1. The highest BCUT2D eigenvalue weighted by molar-refractivity contribution is 5.85. The number of aliphatic hydroxyl groups is 1. The van der Waals surface area contributed by atoms with E-state index in [4.69, 9.17) is 0 Å². The Morgan fingerprint density at radius 3 is 2.48 bits per heavy atom. The van der Waals surface area contributed by atoms with Gasteiger partial charge in [0.2, 0.25) is 5.91 Å². The first-order valence-corrected chi connectivity index (χ1v) is 8.27. The lowest BCUT2D eigenvalue weighted by molar-refractivity contribution is -0.139. The Hall–Kier alpha value is -0.0700. The monoisotopic (exact) mass is 369 g/mol. The van der Waals surface area contributed by atoms with E-state index in [0.717, 1.165) is 58.5 Å². The largest absolute Gasteiger partial charge is 0.392 e. The second-order valence-electron chi connectivity index (χ2n) is 7.27. The average Bonchev–Trinajstić information content (AvgIpc) is 2.87. The molecule has 2 heterocycles. The van der Waals surface area contributed by atoms with Crippen LogP contribution in [-0.2, 0) is 4.79 Å². The van der Waals surface area contributed by atoms with Crippen LogP contribution < -0.4 is 5.32 Å². The first-order chi connectivity index (χ1) is 9.90. The maximum Gasteiger partial charge on any atom is 0.229 e. The summed E-state index contributed by atoms with van der Waals surface area (Å²) < 4.78 is 0. The van der Waals surface area contributed by atoms with Crippen LogP contribution in [0.1, 0.15) is 33.1 Å². The first kappa shape index (κ1) is 22.9. The number of hydrogen-bond acceptors (Lipinski definition) is 4. The molecule has 5 nitrogen and oxygen atoms in total. The molecule has 2 rings (SSSR count). The van der Waals surface area contributed by atoms with E-state index in [1.165, 1.54) is 0 Å². The lowest BCUT2D eigenvalue weighted by Crippen LogP contribution is -2.45. The van der Waals surface area contributed by atoms with E-state index < -0.39 is 0 Å². The molecule has 0 aromatic rings. The van der Waals surface area contributed by atoms with E-state index in [0.29, 0.717) is 11.8 Å². The van der Waals surface area contributed by atoms with Gasteiger partial charge in [0.15, 0.2) is 0 Å². The average molecular weight is 370 g/mol. The summed E-state index contributed by atoms with van der Waals surface area (Å²) in [6.07, 6.45) is 2.95. The Labute approximate surface area is 153 Å². The third kappa shape index (κ3) is 6.39. The van der Waals surface area contributed by atoms with Crippen LogP contribution in [0, 0.1) is 11.3 Å². The number of aliphatic hydroxyl groups excluding tert-OH is 1. The van der Waals surface area contributed by atoms with E-state index in [1.54, 1.807) is 0 Å². The highest BCUT2D eigenvalue weighted by Crippen LogP contribution is 2.28. The third-order valence-electron chi connectivity index (χ3n) is 4.99. The van der Waals surface area contributed by atoms with Gasteiger partial charge in [-0.15, -0.1) is 24.8 Å². The molecule has 2 aliphatic rings. The van der Waals surface area contributed by atoms with Crippen molar-refractivity contribution >= 4 is 30.7 Å². The normalized spacial score (nSPS) is 27.0. The number of piperidine rings is 1. The maximum atomic E-state index is 12.6. The highest BCUT2D eigenvalue weighted by atomic mass is 35.5. The van der Waals surface area contributed by atoms with Gasteiger partial charge in [-0.1, -0.05) is 0 Å². The van der Waals surface area contributed by atoms with Gasteiger partial charge in [-0.05, 0) is 58.7 Å². The molecule has 0 aromatic heterocycles. The summed E-state index contributed by atoms with van der Waals surface area (Å²) in [5.74, 6) is 0.890. The molecule has 138 valence electrons. The maximum absolute atomic E-state index is 12.6. The topological polar surface area (TPSA) is 55.8 Å². The molecule has 0 radical (unpaired) electrons. The summed E-state index contributed by atoms with van der Waals surface area (Å²) in [4.78, 5) is 16.9. The van der Waals surface area contributed by atoms with Crippen LogP contribution in [0.2, 0.25) is 0 Å². The molecule has 1 amide bonds. The van der Waals surface area contributed by atoms with E-state index >= 15 is 0 Å². The van der Waals surface area contributed by atoms with Gasteiger partial charge in [0, 0.05) is 26.7 Å². The number of β-amino-alcohol motifs (C(OH)–C–C–N with tert-alkyl or cyclic N) is 1. The zero-order chi connectivity index (χ0) is 15.5. The summed E-state index contributed by atoms with van der Waals surface area (Å²) in [5, 5.41) is 12.7. The van der Waals surface area contributed by atoms with Gasteiger partial charge in [-0.2, -0.15) is 0 Å². The molecule has 0 aliphatic carbocycles. The molecule has 0 spiro atoms. The van der Waals surface area contributed by atoms with Crippen LogP contribution >= 0.6 is 24.8 Å². The summed E-state index contributed by atoms with van der Waals surface area (Å²) >= 11 is 0. The number of hydrogen-bond donors (Lipinski definition) is 2. The second-order valence-corrected chi connectivity index (χ2v) is 7.27. The van der Waals surface area contributed by atoms with Crippen molar-refractivity contribution in [1.82, 2.24) is 15.1 Å². The van der Waals surface area contributed by atoms with Crippen molar-refractivity contribution in [2.24, 2.45) is 11.3 Å². The Kier molecular flexibility index (Phi) is 10.0. The van der Waals surface area contributed by atoms with Crippen molar-refractivity contribution in [1.29, 1.82) is 0 Å². The van der Waals surface area contributed by atoms with E-state index in [2.05, 4.69) is 17.1 Å². The van der Waals surface area contributed by atoms with Crippen LogP contribution in [-0.4, -0.2) is 73.2 Å². The van der Waals surface area contributed by atoms with Crippen LogP contribution in [0.4, 0.5) is 0 Å². The molecular formula is C16H33Cl2N3O2. The number of amides is 1. The number of rotatable bonds is 5. The highest BCUT2D eigenvalue weighted by Gasteiger charge is 2.38. The van der Waals surface area contributed by atoms with E-state index in [9.17, 15) is 9.90 Å². The fourth-order valence-corrected chi connectivity index (χ4v) is 3.66. The quantitative estimate of drug-likeness (QED) is 0.768. The van der Waals surface area contributed by atoms with Gasteiger partial charge in [-0.25, -0.2) is 0 Å². The molecule has 23 heavy (non-hydrogen) atoms. The SMILES string of the molecule is CC(O)CN1CCC(CN(C)C(=O)C2(C)CCNC2)CC1.Cl.Cl. The fourth-order valence-electron chi connectivity index (χ4n) is 3.66. The molecule has 0 aromatic carbocycles. The van der Waals surface area contributed by atoms with E-state index in [1.807, 2.05) is 18.9 Å². The molecule has 7 heteroatoms. The number of halogens is 2. The smallest absolute Gasteiger partial charge is 0.229 e. The van der Waals surface area contributed by atoms with Crippen molar-refractivity contribution in [3.8, 4) is 0 Å². The first-order valence-electron chi connectivity index (χ1n) is 8.27. The predicted octanol–water partition coefficient (Wildman–Crippen LogP) is 1.38. The summed E-state index contributed by atoms with van der Waals surface area (Å²) in [5.41, 5.74) is -0.207. The van der Waals surface area contributed by atoms with Gasteiger partial charge < -0.3 is 20.2 Å². The fraction of sp³-hybridized carbons (Fsp3) is 0.938. The lowest BCUT2D eigenvalue weighted by atomic mass is 9.87. The minimum absolute atomic E-state index is 0. The second kappa shape index (κ2) is 10.0. The Balaban J connectivity index is 0.00000242. The minimum Gasteiger partial charge on any atom is -0.392 e. The Morgan fingerprint density at radius 1 is 1.39 bits per heavy atom. The lowest BCUT2D eigenvalue weighted by Gasteiger charge is -2.36. The zero-order valence-corrected chi connectivity index (χ0v) is 16.2. The number of nitrogens with zero attached hydrogens (tertiary/aromatic N) is 2. The zero-order valence-electron chi connectivity index (χ0n) is 14.6. The number of likely N-dealkylation sites (tertiary alicyclic amines) is 1. The van der Waals surface area contributed by atoms with Crippen LogP contribution in [0.3, 0.4) is 0 Å². The molecule has 0 saturated carbocycles. The number of nitrogens with one attached hydrogen (secondary N) is 1. The van der Waals surface area contributed by atoms with Crippen molar-refractivity contribution in [3.05, 3.63) is 0 Å². The molecule has 2 N–H and O–H groups in total. The van der Waals surface area contributed by atoms with Gasteiger partial charge in [-0.3, -0.25) is 4.79 Å². The molecule has 2 fully saturated rings. The Morgan fingerprint density at radius 2 is 2.00 bits per heavy atom. The molecule has 2 unspecified atom stereocenters. The van der Waals surface area contributed by atoms with Crippen LogP contribution in [0.15, 0.2) is 0 Å². The summed E-state index contributed by atoms with van der Waals surface area (Å²) in [6.45, 7) is 9.40. The Bertz CT molecular complexity index is 355.